The van der Waals surface area contributed by atoms with Crippen LogP contribution in [0.4, 0.5) is 5.82 Å². The van der Waals surface area contributed by atoms with Gasteiger partial charge in [0.25, 0.3) is 5.56 Å². The van der Waals surface area contributed by atoms with Crippen LogP contribution < -0.4 is 10.9 Å². The molecule has 0 unspecified atom stereocenters. The number of hydrogen-bond acceptors (Lipinski definition) is 6. The summed E-state index contributed by atoms with van der Waals surface area (Å²) in [6, 6.07) is 8.55. The van der Waals surface area contributed by atoms with Crippen molar-refractivity contribution in [2.75, 3.05) is 5.32 Å². The van der Waals surface area contributed by atoms with Crippen molar-refractivity contribution in [2.45, 2.75) is 19.9 Å². The Morgan fingerprint density at radius 2 is 2.18 bits per heavy atom. The first-order chi connectivity index (χ1) is 10.6. The molecule has 0 fully saturated rings. The fourth-order valence-electron chi connectivity index (χ4n) is 2.01. The maximum Gasteiger partial charge on any atom is 0.277 e. The Morgan fingerprint density at radius 1 is 1.36 bits per heavy atom. The first-order valence-electron chi connectivity index (χ1n) is 6.69. The fourth-order valence-corrected chi connectivity index (χ4v) is 2.01. The summed E-state index contributed by atoms with van der Waals surface area (Å²) in [6.45, 7) is 1.87. The summed E-state index contributed by atoms with van der Waals surface area (Å²) < 4.78 is 6.03. The molecule has 0 saturated carbocycles. The minimum atomic E-state index is -0.282. The van der Waals surface area contributed by atoms with Crippen LogP contribution in [-0.2, 0) is 11.3 Å². The van der Waals surface area contributed by atoms with Crippen molar-refractivity contribution in [1.82, 2.24) is 20.2 Å². The molecule has 1 aromatic carbocycles. The average Bonchev–Trinajstić information content (AvgIpc) is 2.92. The number of benzene rings is 1. The Bertz CT molecular complexity index is 883. The largest absolute Gasteiger partial charge is 0.360 e. The van der Waals surface area contributed by atoms with Gasteiger partial charge in [-0.15, -0.1) is 5.10 Å². The lowest BCUT2D eigenvalue weighted by molar-refractivity contribution is -0.116. The molecular formula is C14H13N5O3. The lowest BCUT2D eigenvalue weighted by atomic mass is 10.2. The lowest BCUT2D eigenvalue weighted by Gasteiger charge is -2.04. The Kier molecular flexibility index (Phi) is 3.65. The van der Waals surface area contributed by atoms with Gasteiger partial charge in [0, 0.05) is 12.5 Å². The number of fused-ring (bicyclic) bond motifs is 1. The fraction of sp³-hybridized carbons (Fsp3) is 0.214. The molecule has 0 saturated heterocycles. The van der Waals surface area contributed by atoms with E-state index >= 15 is 0 Å². The number of nitrogens with one attached hydrogen (secondary N) is 1. The molecule has 112 valence electrons. The van der Waals surface area contributed by atoms with Gasteiger partial charge in [0.2, 0.25) is 5.91 Å². The molecule has 0 bridgehead atoms. The van der Waals surface area contributed by atoms with Crippen LogP contribution in [0.25, 0.3) is 10.9 Å². The molecule has 0 aliphatic heterocycles. The van der Waals surface area contributed by atoms with Crippen LogP contribution in [0.2, 0.25) is 0 Å². The minimum absolute atomic E-state index is 0.0822. The van der Waals surface area contributed by atoms with Gasteiger partial charge in [-0.05, 0) is 19.1 Å². The number of carbonyl (C=O) groups excluding carboxylic acids is 1. The van der Waals surface area contributed by atoms with E-state index in [1.165, 1.54) is 4.68 Å². The van der Waals surface area contributed by atoms with E-state index in [1.54, 1.807) is 37.3 Å². The van der Waals surface area contributed by atoms with Gasteiger partial charge in [-0.2, -0.15) is 0 Å². The van der Waals surface area contributed by atoms with Crippen molar-refractivity contribution in [3.05, 3.63) is 46.4 Å². The molecule has 1 N–H and O–H groups in total. The van der Waals surface area contributed by atoms with Gasteiger partial charge in [-0.3, -0.25) is 9.59 Å². The standard InChI is InChI=1S/C14H13N5O3/c1-9-8-12(17-22-9)15-13(20)6-7-19-14(21)10-4-2-3-5-11(10)16-18-19/h2-5,8H,6-7H2,1H3,(H,15,17,20). The van der Waals surface area contributed by atoms with E-state index in [0.29, 0.717) is 22.5 Å². The van der Waals surface area contributed by atoms with Gasteiger partial charge in [-0.25, -0.2) is 4.68 Å². The number of rotatable bonds is 4. The highest BCUT2D eigenvalue weighted by molar-refractivity contribution is 5.89. The molecule has 0 atom stereocenters. The first kappa shape index (κ1) is 13.9. The molecule has 8 heteroatoms. The SMILES string of the molecule is Cc1cc(NC(=O)CCn2nnc3ccccc3c2=O)no1. The maximum absolute atomic E-state index is 12.2. The Balaban J connectivity index is 1.70. The Labute approximate surface area is 124 Å². The third-order valence-electron chi connectivity index (χ3n) is 3.08. The number of carbonyl (C=O) groups is 1. The summed E-state index contributed by atoms with van der Waals surface area (Å²) >= 11 is 0. The zero-order chi connectivity index (χ0) is 15.5. The molecule has 0 aliphatic carbocycles. The summed E-state index contributed by atoms with van der Waals surface area (Å²) in [5.74, 6) is 0.668. The average molecular weight is 299 g/mol. The van der Waals surface area contributed by atoms with Crippen molar-refractivity contribution < 1.29 is 9.32 Å². The van der Waals surface area contributed by atoms with Gasteiger partial charge in [0.15, 0.2) is 5.82 Å². The number of amides is 1. The topological polar surface area (TPSA) is 103 Å². The summed E-state index contributed by atoms with van der Waals surface area (Å²) in [5.41, 5.74) is 0.266. The smallest absolute Gasteiger partial charge is 0.277 e. The Hall–Kier alpha value is -3.03. The van der Waals surface area contributed by atoms with Crippen LogP contribution in [0, 0.1) is 6.92 Å². The van der Waals surface area contributed by atoms with Gasteiger partial charge >= 0.3 is 0 Å². The maximum atomic E-state index is 12.2. The molecule has 22 heavy (non-hydrogen) atoms. The van der Waals surface area contributed by atoms with Gasteiger partial charge in [0.05, 0.1) is 11.9 Å². The number of hydrogen-bond donors (Lipinski definition) is 1. The van der Waals surface area contributed by atoms with Crippen molar-refractivity contribution in [3.8, 4) is 0 Å². The van der Waals surface area contributed by atoms with E-state index < -0.39 is 0 Å². The van der Waals surface area contributed by atoms with Crippen molar-refractivity contribution in [2.24, 2.45) is 0 Å². The van der Waals surface area contributed by atoms with E-state index in [0.717, 1.165) is 0 Å². The monoisotopic (exact) mass is 299 g/mol. The predicted octanol–water partition coefficient (Wildman–Crippen LogP) is 1.12. The van der Waals surface area contributed by atoms with E-state index in [4.69, 9.17) is 4.52 Å². The van der Waals surface area contributed by atoms with Crippen LogP contribution >= 0.6 is 0 Å². The van der Waals surface area contributed by atoms with Gasteiger partial charge < -0.3 is 9.84 Å². The second-order valence-corrected chi connectivity index (χ2v) is 4.76. The zero-order valence-corrected chi connectivity index (χ0v) is 11.8. The van der Waals surface area contributed by atoms with Gasteiger partial charge in [0.1, 0.15) is 11.3 Å². The second-order valence-electron chi connectivity index (χ2n) is 4.76. The highest BCUT2D eigenvalue weighted by Gasteiger charge is 2.09. The molecule has 8 nitrogen and oxygen atoms in total. The lowest BCUT2D eigenvalue weighted by Crippen LogP contribution is -2.26. The van der Waals surface area contributed by atoms with Crippen LogP contribution in [0.1, 0.15) is 12.2 Å². The number of aromatic nitrogens is 4. The third-order valence-corrected chi connectivity index (χ3v) is 3.08. The van der Waals surface area contributed by atoms with E-state index in [9.17, 15) is 9.59 Å². The molecule has 0 aliphatic rings. The van der Waals surface area contributed by atoms with Crippen LogP contribution in [0.3, 0.4) is 0 Å². The van der Waals surface area contributed by atoms with E-state index in [-0.39, 0.29) is 24.4 Å². The molecular weight excluding hydrogens is 286 g/mol. The van der Waals surface area contributed by atoms with Crippen LogP contribution in [0.15, 0.2) is 39.6 Å². The zero-order valence-electron chi connectivity index (χ0n) is 11.8. The van der Waals surface area contributed by atoms with Crippen molar-refractivity contribution in [3.63, 3.8) is 0 Å². The van der Waals surface area contributed by atoms with Gasteiger partial charge in [-0.1, -0.05) is 22.5 Å². The minimum Gasteiger partial charge on any atom is -0.360 e. The van der Waals surface area contributed by atoms with Crippen LogP contribution in [-0.4, -0.2) is 26.1 Å². The predicted molar refractivity (Wildman–Crippen MR) is 78.3 cm³/mol. The molecule has 0 radical (unpaired) electrons. The Morgan fingerprint density at radius 3 is 2.95 bits per heavy atom. The summed E-state index contributed by atoms with van der Waals surface area (Å²) in [5, 5.41) is 14.5. The molecule has 3 rings (SSSR count). The molecule has 1 amide bonds. The van der Waals surface area contributed by atoms with Crippen LogP contribution in [0.5, 0.6) is 0 Å². The quantitative estimate of drug-likeness (QED) is 0.774. The van der Waals surface area contributed by atoms with Crippen molar-refractivity contribution >= 4 is 22.6 Å². The molecule has 3 aromatic rings. The number of nitrogens with zero attached hydrogens (tertiary/aromatic N) is 4. The van der Waals surface area contributed by atoms with E-state index in [2.05, 4.69) is 20.8 Å². The normalized spacial score (nSPS) is 10.8. The summed E-state index contributed by atoms with van der Waals surface area (Å²) in [4.78, 5) is 24.0. The summed E-state index contributed by atoms with van der Waals surface area (Å²) in [6.07, 6.45) is 0.0822. The number of anilines is 1. The molecule has 2 heterocycles. The van der Waals surface area contributed by atoms with E-state index in [1.807, 2.05) is 0 Å². The molecule has 0 spiro atoms. The highest BCUT2D eigenvalue weighted by Crippen LogP contribution is 2.07. The third kappa shape index (κ3) is 2.85. The number of aryl methyl sites for hydroxylation is 2. The first-order valence-corrected chi connectivity index (χ1v) is 6.69. The second kappa shape index (κ2) is 5.76. The molecule has 2 aromatic heterocycles. The highest BCUT2D eigenvalue weighted by atomic mass is 16.5. The summed E-state index contributed by atoms with van der Waals surface area (Å²) in [7, 11) is 0. The van der Waals surface area contributed by atoms with Crippen molar-refractivity contribution in [1.29, 1.82) is 0 Å².